The molecule has 0 saturated carbocycles. The van der Waals surface area contributed by atoms with Gasteiger partial charge in [-0.05, 0) is 24.6 Å². The Morgan fingerprint density at radius 3 is 2.96 bits per heavy atom. The quantitative estimate of drug-likeness (QED) is 0.777. The van der Waals surface area contributed by atoms with Crippen molar-refractivity contribution in [1.82, 2.24) is 14.6 Å². The summed E-state index contributed by atoms with van der Waals surface area (Å²) in [5.41, 5.74) is 3.53. The Balaban J connectivity index is 1.74. The maximum Gasteiger partial charge on any atom is 0.272 e. The molecule has 0 spiro atoms. The Labute approximate surface area is 144 Å². The standard InChI is InChI=1S/C17H18ClN5O/c1-21-7-2-8-22(15-9-12(18)3-4-14(15)21)11-13-10-17(24)23-16(20-13)5-6-19-23/h3-6,9-10,19H,2,7-8,11H2,1H3. The maximum atomic E-state index is 12.2. The lowest BCUT2D eigenvalue weighted by Gasteiger charge is -2.26. The minimum Gasteiger partial charge on any atom is -0.373 e. The van der Waals surface area contributed by atoms with Crippen LogP contribution in [0.1, 0.15) is 12.1 Å². The van der Waals surface area contributed by atoms with Crippen LogP contribution < -0.4 is 15.4 Å². The van der Waals surface area contributed by atoms with Gasteiger partial charge in [0.1, 0.15) is 0 Å². The predicted molar refractivity (Wildman–Crippen MR) is 96.2 cm³/mol. The molecule has 3 aromatic rings. The Bertz CT molecular complexity index is 948. The van der Waals surface area contributed by atoms with Gasteiger partial charge in [0.25, 0.3) is 5.56 Å². The number of aromatic nitrogens is 3. The summed E-state index contributed by atoms with van der Waals surface area (Å²) < 4.78 is 1.44. The number of fused-ring (bicyclic) bond motifs is 2. The highest BCUT2D eigenvalue weighted by atomic mass is 35.5. The van der Waals surface area contributed by atoms with Gasteiger partial charge >= 0.3 is 0 Å². The van der Waals surface area contributed by atoms with Crippen molar-refractivity contribution in [3.63, 3.8) is 0 Å². The fourth-order valence-corrected chi connectivity index (χ4v) is 3.40. The Kier molecular flexibility index (Phi) is 3.69. The average molecular weight is 344 g/mol. The SMILES string of the molecule is CN1CCCN(Cc2cc(=O)n3[nH]ccc3n2)c2cc(Cl)ccc21. The Morgan fingerprint density at radius 2 is 2.08 bits per heavy atom. The number of halogens is 1. The van der Waals surface area contributed by atoms with Crippen molar-refractivity contribution < 1.29 is 0 Å². The van der Waals surface area contributed by atoms with Crippen molar-refractivity contribution in [1.29, 1.82) is 0 Å². The van der Waals surface area contributed by atoms with Crippen LogP contribution in [-0.4, -0.2) is 34.7 Å². The number of hydrogen-bond donors (Lipinski definition) is 1. The molecule has 7 heteroatoms. The van der Waals surface area contributed by atoms with Crippen LogP contribution in [0.4, 0.5) is 11.4 Å². The van der Waals surface area contributed by atoms with E-state index in [1.807, 2.05) is 18.2 Å². The number of anilines is 2. The van der Waals surface area contributed by atoms with Crippen LogP contribution in [0.25, 0.3) is 5.65 Å². The molecule has 0 bridgehead atoms. The maximum absolute atomic E-state index is 12.2. The lowest BCUT2D eigenvalue weighted by molar-refractivity contribution is 0.730. The van der Waals surface area contributed by atoms with Crippen LogP contribution in [-0.2, 0) is 6.54 Å². The van der Waals surface area contributed by atoms with Crippen LogP contribution in [0, 0.1) is 0 Å². The fourth-order valence-electron chi connectivity index (χ4n) is 3.23. The van der Waals surface area contributed by atoms with Gasteiger partial charge in [-0.3, -0.25) is 9.89 Å². The van der Waals surface area contributed by atoms with E-state index in [1.54, 1.807) is 18.3 Å². The number of benzene rings is 1. The Hall–Kier alpha value is -2.47. The second-order valence-electron chi connectivity index (χ2n) is 6.07. The third kappa shape index (κ3) is 2.63. The highest BCUT2D eigenvalue weighted by Crippen LogP contribution is 2.34. The molecule has 24 heavy (non-hydrogen) atoms. The van der Waals surface area contributed by atoms with Gasteiger partial charge in [0.15, 0.2) is 5.65 Å². The lowest BCUT2D eigenvalue weighted by Crippen LogP contribution is -2.26. The molecule has 2 aromatic heterocycles. The number of rotatable bonds is 2. The van der Waals surface area contributed by atoms with E-state index in [0.717, 1.165) is 36.6 Å². The number of H-pyrrole nitrogens is 1. The van der Waals surface area contributed by atoms with Gasteiger partial charge in [-0.1, -0.05) is 11.6 Å². The fraction of sp³-hybridized carbons (Fsp3) is 0.294. The molecule has 1 N–H and O–H groups in total. The van der Waals surface area contributed by atoms with Crippen LogP contribution in [0.2, 0.25) is 5.02 Å². The molecule has 1 aromatic carbocycles. The largest absolute Gasteiger partial charge is 0.373 e. The zero-order valence-corrected chi connectivity index (χ0v) is 14.1. The molecule has 0 fully saturated rings. The smallest absolute Gasteiger partial charge is 0.272 e. The number of nitrogens with zero attached hydrogens (tertiary/aromatic N) is 4. The summed E-state index contributed by atoms with van der Waals surface area (Å²) in [6, 6.07) is 9.33. The second kappa shape index (κ2) is 5.87. The van der Waals surface area contributed by atoms with E-state index in [2.05, 4.69) is 26.9 Å². The topological polar surface area (TPSA) is 56.6 Å². The second-order valence-corrected chi connectivity index (χ2v) is 6.51. The zero-order valence-electron chi connectivity index (χ0n) is 13.4. The van der Waals surface area contributed by atoms with Gasteiger partial charge in [-0.25, -0.2) is 9.50 Å². The van der Waals surface area contributed by atoms with E-state index in [4.69, 9.17) is 11.6 Å². The monoisotopic (exact) mass is 343 g/mol. The Morgan fingerprint density at radius 1 is 1.21 bits per heavy atom. The van der Waals surface area contributed by atoms with Crippen molar-refractivity contribution in [3.8, 4) is 0 Å². The molecule has 0 radical (unpaired) electrons. The lowest BCUT2D eigenvalue weighted by atomic mass is 10.2. The molecular formula is C17H18ClN5O. The first-order valence-corrected chi connectivity index (χ1v) is 8.31. The first-order chi connectivity index (χ1) is 11.6. The molecule has 124 valence electrons. The van der Waals surface area contributed by atoms with Gasteiger partial charge in [0.05, 0.1) is 23.6 Å². The molecule has 0 unspecified atom stereocenters. The summed E-state index contributed by atoms with van der Waals surface area (Å²) in [5.74, 6) is 0. The van der Waals surface area contributed by atoms with Gasteiger partial charge in [-0.15, -0.1) is 0 Å². The summed E-state index contributed by atoms with van der Waals surface area (Å²) in [5, 5.41) is 3.57. The molecular weight excluding hydrogens is 326 g/mol. The molecule has 1 aliphatic heterocycles. The minimum atomic E-state index is -0.0988. The van der Waals surface area contributed by atoms with Gasteiger partial charge in [0.2, 0.25) is 0 Å². The van der Waals surface area contributed by atoms with Gasteiger partial charge in [-0.2, -0.15) is 0 Å². The molecule has 6 nitrogen and oxygen atoms in total. The highest BCUT2D eigenvalue weighted by Gasteiger charge is 2.19. The molecule has 0 atom stereocenters. The van der Waals surface area contributed by atoms with Gasteiger partial charge in [0, 0.05) is 43.5 Å². The molecule has 3 heterocycles. The average Bonchev–Trinajstić information content (AvgIpc) is 2.97. The summed E-state index contributed by atoms with van der Waals surface area (Å²) in [6.07, 6.45) is 2.75. The van der Waals surface area contributed by atoms with Crippen molar-refractivity contribution >= 4 is 28.6 Å². The molecule has 4 rings (SSSR count). The summed E-state index contributed by atoms with van der Waals surface area (Å²) in [6.45, 7) is 2.46. The number of hydrogen-bond acceptors (Lipinski definition) is 4. The normalized spacial score (nSPS) is 14.8. The van der Waals surface area contributed by atoms with E-state index in [9.17, 15) is 4.79 Å². The molecule has 1 aliphatic rings. The third-order valence-electron chi connectivity index (χ3n) is 4.40. The summed E-state index contributed by atoms with van der Waals surface area (Å²) in [7, 11) is 2.09. The van der Waals surface area contributed by atoms with Crippen molar-refractivity contribution in [2.75, 3.05) is 29.9 Å². The van der Waals surface area contributed by atoms with Crippen molar-refractivity contribution in [2.24, 2.45) is 0 Å². The van der Waals surface area contributed by atoms with E-state index in [1.165, 1.54) is 4.52 Å². The summed E-state index contributed by atoms with van der Waals surface area (Å²) >= 11 is 6.22. The molecule has 0 aliphatic carbocycles. The van der Waals surface area contributed by atoms with E-state index in [-0.39, 0.29) is 5.56 Å². The van der Waals surface area contributed by atoms with E-state index < -0.39 is 0 Å². The van der Waals surface area contributed by atoms with Gasteiger partial charge < -0.3 is 9.80 Å². The third-order valence-corrected chi connectivity index (χ3v) is 4.63. The highest BCUT2D eigenvalue weighted by molar-refractivity contribution is 6.31. The van der Waals surface area contributed by atoms with E-state index in [0.29, 0.717) is 17.2 Å². The van der Waals surface area contributed by atoms with Crippen molar-refractivity contribution in [2.45, 2.75) is 13.0 Å². The van der Waals surface area contributed by atoms with E-state index >= 15 is 0 Å². The zero-order chi connectivity index (χ0) is 16.7. The molecule has 0 saturated heterocycles. The minimum absolute atomic E-state index is 0.0988. The molecule has 0 amide bonds. The predicted octanol–water partition coefficient (Wildman–Crippen LogP) is 2.52. The summed E-state index contributed by atoms with van der Waals surface area (Å²) in [4.78, 5) is 21.2. The van der Waals surface area contributed by atoms with Crippen LogP contribution in [0.3, 0.4) is 0 Å². The first kappa shape index (κ1) is 15.1. The van der Waals surface area contributed by atoms with Crippen LogP contribution in [0.15, 0.2) is 41.3 Å². The van der Waals surface area contributed by atoms with Crippen LogP contribution in [0.5, 0.6) is 0 Å². The van der Waals surface area contributed by atoms with Crippen LogP contribution >= 0.6 is 11.6 Å². The first-order valence-electron chi connectivity index (χ1n) is 7.93. The number of aromatic amines is 1. The van der Waals surface area contributed by atoms with Crippen molar-refractivity contribution in [3.05, 3.63) is 57.6 Å². The number of nitrogens with one attached hydrogen (secondary N) is 1.